The van der Waals surface area contributed by atoms with Gasteiger partial charge in [0, 0.05) is 17.3 Å². The number of aldehydes is 1. The Kier molecular flexibility index (Phi) is 3.82. The summed E-state index contributed by atoms with van der Waals surface area (Å²) in [6.07, 6.45) is 2.84. The monoisotopic (exact) mass is 327 g/mol. The van der Waals surface area contributed by atoms with Gasteiger partial charge in [-0.15, -0.1) is 0 Å². The SMILES string of the molecule is Cc1ccn2c(C=O)c(-c3ccc(Oc4ccccc4)cc3)cc2c1. The topological polar surface area (TPSA) is 30.7 Å². The van der Waals surface area contributed by atoms with Gasteiger partial charge in [0.2, 0.25) is 0 Å². The highest BCUT2D eigenvalue weighted by atomic mass is 16.5. The quantitative estimate of drug-likeness (QED) is 0.462. The molecule has 2 aromatic heterocycles. The molecule has 0 saturated heterocycles. The van der Waals surface area contributed by atoms with Gasteiger partial charge in [-0.3, -0.25) is 4.79 Å². The number of aromatic nitrogens is 1. The highest BCUT2D eigenvalue weighted by molar-refractivity contribution is 5.90. The fraction of sp³-hybridized carbons (Fsp3) is 0.0455. The minimum Gasteiger partial charge on any atom is -0.457 e. The molecule has 2 aromatic carbocycles. The summed E-state index contributed by atoms with van der Waals surface area (Å²) in [6.45, 7) is 2.04. The van der Waals surface area contributed by atoms with Crippen molar-refractivity contribution < 1.29 is 9.53 Å². The summed E-state index contributed by atoms with van der Waals surface area (Å²) in [7, 11) is 0. The van der Waals surface area contributed by atoms with Gasteiger partial charge in [-0.05, 0) is 60.5 Å². The molecule has 0 spiro atoms. The summed E-state index contributed by atoms with van der Waals surface area (Å²) in [5.74, 6) is 1.57. The summed E-state index contributed by atoms with van der Waals surface area (Å²) in [6, 6.07) is 23.6. The van der Waals surface area contributed by atoms with Gasteiger partial charge in [0.15, 0.2) is 6.29 Å². The van der Waals surface area contributed by atoms with Crippen LogP contribution in [0.1, 0.15) is 16.1 Å². The number of carbonyl (C=O) groups is 1. The molecule has 0 N–H and O–H groups in total. The first-order chi connectivity index (χ1) is 12.2. The van der Waals surface area contributed by atoms with Crippen LogP contribution in [0, 0.1) is 6.92 Å². The van der Waals surface area contributed by atoms with Crippen molar-refractivity contribution in [2.75, 3.05) is 0 Å². The summed E-state index contributed by atoms with van der Waals surface area (Å²) >= 11 is 0. The van der Waals surface area contributed by atoms with E-state index >= 15 is 0 Å². The molecule has 4 rings (SSSR count). The normalized spacial score (nSPS) is 10.8. The second kappa shape index (κ2) is 6.29. The molecule has 0 aliphatic heterocycles. The van der Waals surface area contributed by atoms with Crippen LogP contribution in [0.4, 0.5) is 0 Å². The van der Waals surface area contributed by atoms with Crippen LogP contribution in [0.15, 0.2) is 79.0 Å². The minimum absolute atomic E-state index is 0.659. The molecule has 0 atom stereocenters. The lowest BCUT2D eigenvalue weighted by molar-refractivity contribution is 0.111. The smallest absolute Gasteiger partial charge is 0.167 e. The Morgan fingerprint density at radius 1 is 0.880 bits per heavy atom. The number of nitrogens with zero attached hydrogens (tertiary/aromatic N) is 1. The molecule has 3 heteroatoms. The molecule has 0 aliphatic carbocycles. The second-order valence-corrected chi connectivity index (χ2v) is 6.00. The van der Waals surface area contributed by atoms with Gasteiger partial charge in [0.1, 0.15) is 11.5 Å². The molecule has 122 valence electrons. The number of pyridine rings is 1. The summed E-state index contributed by atoms with van der Waals surface area (Å²) in [5.41, 5.74) is 4.75. The van der Waals surface area contributed by atoms with E-state index in [1.165, 1.54) is 5.56 Å². The van der Waals surface area contributed by atoms with Gasteiger partial charge in [-0.2, -0.15) is 0 Å². The van der Waals surface area contributed by atoms with Crippen molar-refractivity contribution >= 4 is 11.8 Å². The van der Waals surface area contributed by atoms with Gasteiger partial charge in [-0.1, -0.05) is 30.3 Å². The molecular weight excluding hydrogens is 310 g/mol. The van der Waals surface area contributed by atoms with Crippen LogP contribution < -0.4 is 4.74 Å². The third-order valence-electron chi connectivity index (χ3n) is 4.22. The summed E-state index contributed by atoms with van der Waals surface area (Å²) in [4.78, 5) is 11.6. The maximum atomic E-state index is 11.6. The Hall–Kier alpha value is -3.33. The molecule has 0 unspecified atom stereocenters. The standard InChI is InChI=1S/C22H17NO2/c1-16-11-12-23-18(13-16)14-21(22(23)15-24)17-7-9-20(10-8-17)25-19-5-3-2-4-6-19/h2-15H,1H3. The Bertz CT molecular complexity index is 1030. The molecule has 0 fully saturated rings. The van der Waals surface area contributed by atoms with Crippen LogP contribution in [-0.2, 0) is 0 Å². The highest BCUT2D eigenvalue weighted by Crippen LogP contribution is 2.30. The Balaban J connectivity index is 1.70. The molecule has 25 heavy (non-hydrogen) atoms. The number of benzene rings is 2. The van der Waals surface area contributed by atoms with E-state index in [9.17, 15) is 4.79 Å². The predicted molar refractivity (Wildman–Crippen MR) is 99.5 cm³/mol. The molecule has 0 aliphatic rings. The van der Waals surface area contributed by atoms with Crippen LogP contribution >= 0.6 is 0 Å². The van der Waals surface area contributed by atoms with E-state index in [0.29, 0.717) is 5.69 Å². The van der Waals surface area contributed by atoms with E-state index in [-0.39, 0.29) is 0 Å². The van der Waals surface area contributed by atoms with E-state index in [1.807, 2.05) is 84.3 Å². The fourth-order valence-corrected chi connectivity index (χ4v) is 2.99. The first-order valence-corrected chi connectivity index (χ1v) is 8.15. The van der Waals surface area contributed by atoms with Gasteiger partial charge < -0.3 is 9.14 Å². The number of para-hydroxylation sites is 1. The first kappa shape index (κ1) is 15.2. The Morgan fingerprint density at radius 3 is 2.32 bits per heavy atom. The van der Waals surface area contributed by atoms with Gasteiger partial charge >= 0.3 is 0 Å². The average Bonchev–Trinajstić information content (AvgIpc) is 3.00. The molecule has 0 saturated carbocycles. The third kappa shape index (κ3) is 2.92. The number of carbonyl (C=O) groups excluding carboxylic acids is 1. The lowest BCUT2D eigenvalue weighted by Crippen LogP contribution is -1.92. The van der Waals surface area contributed by atoms with Crippen molar-refractivity contribution in [2.24, 2.45) is 0 Å². The van der Waals surface area contributed by atoms with E-state index in [2.05, 4.69) is 6.07 Å². The van der Waals surface area contributed by atoms with Crippen molar-refractivity contribution in [1.82, 2.24) is 4.40 Å². The maximum absolute atomic E-state index is 11.6. The van der Waals surface area contributed by atoms with Crippen molar-refractivity contribution in [1.29, 1.82) is 0 Å². The molecule has 0 bridgehead atoms. The van der Waals surface area contributed by atoms with Crippen LogP contribution in [0.2, 0.25) is 0 Å². The Morgan fingerprint density at radius 2 is 1.60 bits per heavy atom. The number of hydrogen-bond acceptors (Lipinski definition) is 2. The Labute approximate surface area is 146 Å². The zero-order chi connectivity index (χ0) is 17.2. The summed E-state index contributed by atoms with van der Waals surface area (Å²) in [5, 5.41) is 0. The maximum Gasteiger partial charge on any atom is 0.167 e. The van der Waals surface area contributed by atoms with Crippen LogP contribution in [0.5, 0.6) is 11.5 Å². The largest absolute Gasteiger partial charge is 0.457 e. The molecular formula is C22H17NO2. The number of aryl methyl sites for hydroxylation is 1. The highest BCUT2D eigenvalue weighted by Gasteiger charge is 2.11. The van der Waals surface area contributed by atoms with Crippen LogP contribution in [-0.4, -0.2) is 10.7 Å². The van der Waals surface area contributed by atoms with Crippen LogP contribution in [0.25, 0.3) is 16.6 Å². The molecule has 0 amide bonds. The zero-order valence-electron chi connectivity index (χ0n) is 13.8. The second-order valence-electron chi connectivity index (χ2n) is 6.00. The number of ether oxygens (including phenoxy) is 1. The molecule has 3 nitrogen and oxygen atoms in total. The zero-order valence-corrected chi connectivity index (χ0v) is 13.8. The number of hydrogen-bond donors (Lipinski definition) is 0. The van der Waals surface area contributed by atoms with Gasteiger partial charge in [-0.25, -0.2) is 0 Å². The average molecular weight is 327 g/mol. The first-order valence-electron chi connectivity index (χ1n) is 8.15. The molecule has 2 heterocycles. The van der Waals surface area contributed by atoms with E-state index in [0.717, 1.165) is 34.4 Å². The van der Waals surface area contributed by atoms with Crippen LogP contribution in [0.3, 0.4) is 0 Å². The number of fused-ring (bicyclic) bond motifs is 1. The van der Waals surface area contributed by atoms with E-state index in [1.54, 1.807) is 0 Å². The van der Waals surface area contributed by atoms with Crippen molar-refractivity contribution in [3.8, 4) is 22.6 Å². The molecule has 4 aromatic rings. The van der Waals surface area contributed by atoms with Gasteiger partial charge in [0.05, 0.1) is 5.69 Å². The van der Waals surface area contributed by atoms with E-state index < -0.39 is 0 Å². The third-order valence-corrected chi connectivity index (χ3v) is 4.22. The van der Waals surface area contributed by atoms with E-state index in [4.69, 9.17) is 4.74 Å². The molecule has 0 radical (unpaired) electrons. The lowest BCUT2D eigenvalue weighted by Gasteiger charge is -2.06. The fourth-order valence-electron chi connectivity index (χ4n) is 2.99. The van der Waals surface area contributed by atoms with Gasteiger partial charge in [0.25, 0.3) is 0 Å². The summed E-state index contributed by atoms with van der Waals surface area (Å²) < 4.78 is 7.75. The lowest BCUT2D eigenvalue weighted by atomic mass is 10.1. The number of rotatable bonds is 4. The van der Waals surface area contributed by atoms with Crippen molar-refractivity contribution in [2.45, 2.75) is 6.92 Å². The predicted octanol–water partition coefficient (Wildman–Crippen LogP) is 5.52. The van der Waals surface area contributed by atoms with Crippen molar-refractivity contribution in [3.05, 3.63) is 90.3 Å². The van der Waals surface area contributed by atoms with Crippen molar-refractivity contribution in [3.63, 3.8) is 0 Å². The minimum atomic E-state index is 0.659.